The third kappa shape index (κ3) is 5.51. The van der Waals surface area contributed by atoms with Crippen molar-refractivity contribution in [2.24, 2.45) is 0 Å². The van der Waals surface area contributed by atoms with Crippen molar-refractivity contribution < 1.29 is 13.6 Å². The van der Waals surface area contributed by atoms with Crippen LogP contribution in [0.25, 0.3) is 0 Å². The van der Waals surface area contributed by atoms with Gasteiger partial charge in [-0.15, -0.1) is 0 Å². The van der Waals surface area contributed by atoms with Crippen molar-refractivity contribution in [2.45, 2.75) is 6.42 Å². The summed E-state index contributed by atoms with van der Waals surface area (Å²) >= 11 is 0. The molecule has 0 bridgehead atoms. The van der Waals surface area contributed by atoms with Gasteiger partial charge in [-0.2, -0.15) is 0 Å². The summed E-state index contributed by atoms with van der Waals surface area (Å²) in [6.45, 7) is 5.10. The van der Waals surface area contributed by atoms with Crippen molar-refractivity contribution in [3.8, 4) is 0 Å². The van der Waals surface area contributed by atoms with Crippen LogP contribution >= 0.6 is 0 Å². The van der Waals surface area contributed by atoms with E-state index in [-0.39, 0.29) is 17.5 Å². The number of piperazine rings is 1. The Balaban J connectivity index is 1.33. The van der Waals surface area contributed by atoms with Crippen LogP contribution in [0.1, 0.15) is 16.8 Å². The molecule has 0 saturated carbocycles. The fourth-order valence-electron chi connectivity index (χ4n) is 4.04. The van der Waals surface area contributed by atoms with Gasteiger partial charge in [0.25, 0.3) is 5.91 Å². The number of anilines is 2. The molecule has 0 spiro atoms. The van der Waals surface area contributed by atoms with Crippen molar-refractivity contribution >= 4 is 17.3 Å². The molecule has 166 valence electrons. The summed E-state index contributed by atoms with van der Waals surface area (Å²) in [7, 11) is 0. The first-order chi connectivity index (χ1) is 15.6. The fourth-order valence-corrected chi connectivity index (χ4v) is 4.04. The summed E-state index contributed by atoms with van der Waals surface area (Å²) in [6, 6.07) is 21.9. The highest BCUT2D eigenvalue weighted by Crippen LogP contribution is 2.19. The number of hydrogen-bond donors (Lipinski definition) is 0. The molecule has 0 radical (unpaired) electrons. The topological polar surface area (TPSA) is 26.8 Å². The summed E-state index contributed by atoms with van der Waals surface area (Å²) in [4.78, 5) is 19.5. The van der Waals surface area contributed by atoms with Crippen LogP contribution in [0.5, 0.6) is 0 Å². The molecule has 32 heavy (non-hydrogen) atoms. The molecule has 1 heterocycles. The second kappa shape index (κ2) is 10.4. The number of carbonyl (C=O) groups is 1. The van der Waals surface area contributed by atoms with Crippen LogP contribution in [0.2, 0.25) is 0 Å². The van der Waals surface area contributed by atoms with E-state index in [9.17, 15) is 13.6 Å². The monoisotopic (exact) mass is 435 g/mol. The molecule has 3 aromatic carbocycles. The molecule has 4 nitrogen and oxygen atoms in total. The minimum atomic E-state index is -0.354. The van der Waals surface area contributed by atoms with Crippen molar-refractivity contribution in [3.63, 3.8) is 0 Å². The molecule has 0 atom stereocenters. The number of para-hydroxylation sites is 1. The maximum Gasteiger partial charge on any atom is 0.258 e. The lowest BCUT2D eigenvalue weighted by Gasteiger charge is -2.36. The van der Waals surface area contributed by atoms with Gasteiger partial charge >= 0.3 is 0 Å². The van der Waals surface area contributed by atoms with Crippen LogP contribution in [-0.4, -0.2) is 50.1 Å². The van der Waals surface area contributed by atoms with Gasteiger partial charge in [-0.1, -0.05) is 18.2 Å². The number of benzene rings is 3. The van der Waals surface area contributed by atoms with E-state index in [1.165, 1.54) is 36.4 Å². The van der Waals surface area contributed by atoms with E-state index in [4.69, 9.17) is 0 Å². The molecule has 1 aliphatic rings. The Morgan fingerprint density at radius 2 is 1.38 bits per heavy atom. The Morgan fingerprint density at radius 3 is 2.00 bits per heavy atom. The number of rotatable bonds is 7. The largest absolute Gasteiger partial charge is 0.369 e. The van der Waals surface area contributed by atoms with Gasteiger partial charge in [0.1, 0.15) is 11.6 Å². The zero-order valence-electron chi connectivity index (χ0n) is 18.0. The van der Waals surface area contributed by atoms with E-state index in [0.717, 1.165) is 50.5 Å². The number of nitrogens with zero attached hydrogens (tertiary/aromatic N) is 3. The predicted molar refractivity (Wildman–Crippen MR) is 124 cm³/mol. The Bertz CT molecular complexity index is 1000. The molecule has 6 heteroatoms. The lowest BCUT2D eigenvalue weighted by atomic mass is 10.1. The minimum absolute atomic E-state index is 0.127. The quantitative estimate of drug-likeness (QED) is 0.532. The van der Waals surface area contributed by atoms with E-state index in [1.807, 2.05) is 42.5 Å². The summed E-state index contributed by atoms with van der Waals surface area (Å²) in [5.41, 5.74) is 2.36. The first-order valence-corrected chi connectivity index (χ1v) is 11.0. The molecule has 1 fully saturated rings. The van der Waals surface area contributed by atoms with E-state index in [2.05, 4.69) is 9.80 Å². The molecule has 1 amide bonds. The SMILES string of the molecule is O=C(c1ccc(F)cc1)N(CCCN1CCN(c2ccc(F)cc2)CC1)c1ccccc1. The van der Waals surface area contributed by atoms with Gasteiger partial charge in [0, 0.05) is 49.7 Å². The van der Waals surface area contributed by atoms with Crippen LogP contribution < -0.4 is 9.80 Å². The third-order valence-corrected chi connectivity index (χ3v) is 5.82. The number of amides is 1. The van der Waals surface area contributed by atoms with Crippen LogP contribution in [0, 0.1) is 11.6 Å². The number of halogens is 2. The molecule has 1 saturated heterocycles. The maximum absolute atomic E-state index is 13.3. The molecular formula is C26H27F2N3O. The summed E-state index contributed by atoms with van der Waals surface area (Å²) in [5.74, 6) is -0.699. The maximum atomic E-state index is 13.3. The first-order valence-electron chi connectivity index (χ1n) is 11.0. The van der Waals surface area contributed by atoms with Gasteiger partial charge < -0.3 is 9.80 Å². The van der Waals surface area contributed by atoms with Crippen LogP contribution in [0.4, 0.5) is 20.2 Å². The lowest BCUT2D eigenvalue weighted by Crippen LogP contribution is -2.47. The third-order valence-electron chi connectivity index (χ3n) is 5.82. The molecule has 1 aliphatic heterocycles. The second-order valence-electron chi connectivity index (χ2n) is 7.96. The van der Waals surface area contributed by atoms with Crippen molar-refractivity contribution in [3.05, 3.63) is 96.1 Å². The molecule has 3 aromatic rings. The van der Waals surface area contributed by atoms with Gasteiger partial charge in [0.05, 0.1) is 0 Å². The van der Waals surface area contributed by atoms with E-state index in [0.29, 0.717) is 12.1 Å². The van der Waals surface area contributed by atoms with E-state index in [1.54, 1.807) is 4.90 Å². The standard InChI is InChI=1S/C26H27F2N3O/c27-22-9-7-21(8-10-22)26(32)31(25-5-2-1-3-6-25)16-4-15-29-17-19-30(20-18-29)24-13-11-23(28)12-14-24/h1-3,5-14H,4,15-20H2. The second-order valence-corrected chi connectivity index (χ2v) is 7.96. The lowest BCUT2D eigenvalue weighted by molar-refractivity contribution is 0.0985. The average Bonchev–Trinajstić information content (AvgIpc) is 2.83. The number of carbonyl (C=O) groups excluding carboxylic acids is 1. The summed E-state index contributed by atoms with van der Waals surface area (Å²) in [5, 5.41) is 0. The fraction of sp³-hybridized carbons (Fsp3) is 0.269. The highest BCUT2D eigenvalue weighted by molar-refractivity contribution is 6.06. The summed E-state index contributed by atoms with van der Waals surface area (Å²) < 4.78 is 26.4. The Hall–Kier alpha value is -3.25. The zero-order chi connectivity index (χ0) is 22.3. The van der Waals surface area contributed by atoms with Gasteiger partial charge in [0.15, 0.2) is 0 Å². The number of hydrogen-bond acceptors (Lipinski definition) is 3. The zero-order valence-corrected chi connectivity index (χ0v) is 18.0. The van der Waals surface area contributed by atoms with Crippen LogP contribution in [0.15, 0.2) is 78.9 Å². The Kier molecular flexibility index (Phi) is 7.12. The molecule has 0 N–H and O–H groups in total. The first kappa shape index (κ1) is 22.0. The highest BCUT2D eigenvalue weighted by Gasteiger charge is 2.20. The van der Waals surface area contributed by atoms with Gasteiger partial charge in [-0.3, -0.25) is 9.69 Å². The highest BCUT2D eigenvalue weighted by atomic mass is 19.1. The molecule has 0 aliphatic carbocycles. The molecule has 4 rings (SSSR count). The molecule has 0 aromatic heterocycles. The Labute approximate surface area is 187 Å². The summed E-state index contributed by atoms with van der Waals surface area (Å²) in [6.07, 6.45) is 0.832. The molecular weight excluding hydrogens is 408 g/mol. The molecule has 0 unspecified atom stereocenters. The Morgan fingerprint density at radius 1 is 0.781 bits per heavy atom. The smallest absolute Gasteiger partial charge is 0.258 e. The van der Waals surface area contributed by atoms with Crippen molar-refractivity contribution in [1.82, 2.24) is 4.90 Å². The average molecular weight is 436 g/mol. The van der Waals surface area contributed by atoms with Crippen molar-refractivity contribution in [1.29, 1.82) is 0 Å². The van der Waals surface area contributed by atoms with Gasteiger partial charge in [-0.05, 0) is 73.6 Å². The van der Waals surface area contributed by atoms with E-state index >= 15 is 0 Å². The predicted octanol–water partition coefficient (Wildman–Crippen LogP) is 4.82. The van der Waals surface area contributed by atoms with Gasteiger partial charge in [-0.25, -0.2) is 8.78 Å². The normalized spacial score (nSPS) is 14.4. The van der Waals surface area contributed by atoms with Crippen LogP contribution in [-0.2, 0) is 0 Å². The van der Waals surface area contributed by atoms with Crippen LogP contribution in [0.3, 0.4) is 0 Å². The van der Waals surface area contributed by atoms with Gasteiger partial charge in [0.2, 0.25) is 0 Å². The van der Waals surface area contributed by atoms with Crippen molar-refractivity contribution in [2.75, 3.05) is 49.1 Å². The van der Waals surface area contributed by atoms with E-state index < -0.39 is 0 Å². The minimum Gasteiger partial charge on any atom is -0.369 e.